The van der Waals surface area contributed by atoms with E-state index in [4.69, 9.17) is 21.4 Å². The van der Waals surface area contributed by atoms with Crippen LogP contribution in [-0.2, 0) is 11.2 Å². The van der Waals surface area contributed by atoms with Crippen molar-refractivity contribution < 1.29 is 14.6 Å². The molecule has 0 amide bonds. The number of aryl methyl sites for hydroxylation is 2. The highest BCUT2D eigenvalue weighted by Gasteiger charge is 2.13. The molecule has 3 nitrogen and oxygen atoms in total. The lowest BCUT2D eigenvalue weighted by molar-refractivity contribution is -0.137. The van der Waals surface area contributed by atoms with Gasteiger partial charge >= 0.3 is 5.97 Å². The van der Waals surface area contributed by atoms with Gasteiger partial charge in [-0.15, -0.1) is 11.6 Å². The second-order valence-corrected chi connectivity index (χ2v) is 4.99. The Bertz CT molecular complexity index is 429. The molecule has 0 aromatic heterocycles. The zero-order valence-electron chi connectivity index (χ0n) is 11.0. The number of aliphatic carboxylic acids is 1. The van der Waals surface area contributed by atoms with E-state index in [2.05, 4.69) is 0 Å². The average molecular weight is 271 g/mol. The standard InChI is InChI=1S/C14H19ClO3/c1-4-18-13-6-9(2)11(5-10(13)3)7-12(15)8-14(16)17/h5-6,12H,4,7-8H2,1-3H3,(H,16,17). The Hall–Kier alpha value is -1.22. The first-order chi connectivity index (χ1) is 8.43. The number of carbonyl (C=O) groups is 1. The molecule has 1 aromatic rings. The van der Waals surface area contributed by atoms with Crippen molar-refractivity contribution in [3.05, 3.63) is 28.8 Å². The van der Waals surface area contributed by atoms with Crippen LogP contribution >= 0.6 is 11.6 Å². The molecule has 0 radical (unpaired) electrons. The van der Waals surface area contributed by atoms with Gasteiger partial charge in [-0.2, -0.15) is 0 Å². The molecule has 1 atom stereocenters. The summed E-state index contributed by atoms with van der Waals surface area (Å²) in [5.74, 6) is 0.0124. The van der Waals surface area contributed by atoms with Crippen LogP contribution in [-0.4, -0.2) is 23.1 Å². The van der Waals surface area contributed by atoms with Gasteiger partial charge in [0.15, 0.2) is 0 Å². The minimum absolute atomic E-state index is 0.0206. The summed E-state index contributed by atoms with van der Waals surface area (Å²) in [5.41, 5.74) is 3.22. The highest BCUT2D eigenvalue weighted by molar-refractivity contribution is 6.21. The Kier molecular flexibility index (Phi) is 5.48. The van der Waals surface area contributed by atoms with Gasteiger partial charge in [0.05, 0.1) is 13.0 Å². The molecule has 0 aliphatic heterocycles. The topological polar surface area (TPSA) is 46.5 Å². The van der Waals surface area contributed by atoms with E-state index in [1.807, 2.05) is 32.9 Å². The molecule has 1 unspecified atom stereocenters. The van der Waals surface area contributed by atoms with E-state index in [9.17, 15) is 4.79 Å². The number of rotatable bonds is 6. The van der Waals surface area contributed by atoms with Crippen molar-refractivity contribution in [3.63, 3.8) is 0 Å². The van der Waals surface area contributed by atoms with E-state index in [1.165, 1.54) is 0 Å². The minimum Gasteiger partial charge on any atom is -0.494 e. The van der Waals surface area contributed by atoms with Crippen molar-refractivity contribution in [2.24, 2.45) is 0 Å². The molecule has 0 aliphatic rings. The van der Waals surface area contributed by atoms with Gasteiger partial charge in [0.2, 0.25) is 0 Å². The van der Waals surface area contributed by atoms with E-state index in [1.54, 1.807) is 0 Å². The monoisotopic (exact) mass is 270 g/mol. The van der Waals surface area contributed by atoms with Gasteiger partial charge in [-0.3, -0.25) is 4.79 Å². The van der Waals surface area contributed by atoms with E-state index in [0.29, 0.717) is 13.0 Å². The van der Waals surface area contributed by atoms with Crippen LogP contribution in [0.4, 0.5) is 0 Å². The second-order valence-electron chi connectivity index (χ2n) is 4.38. The Balaban J connectivity index is 2.84. The third-order valence-corrected chi connectivity index (χ3v) is 3.08. The molecule has 1 N–H and O–H groups in total. The quantitative estimate of drug-likeness (QED) is 0.807. The third kappa shape index (κ3) is 4.22. The number of halogens is 1. The lowest BCUT2D eigenvalue weighted by Crippen LogP contribution is -2.11. The van der Waals surface area contributed by atoms with E-state index >= 15 is 0 Å². The summed E-state index contributed by atoms with van der Waals surface area (Å²) in [7, 11) is 0. The molecule has 4 heteroatoms. The maximum Gasteiger partial charge on any atom is 0.304 e. The van der Waals surface area contributed by atoms with Gasteiger partial charge in [0.1, 0.15) is 5.75 Å². The SMILES string of the molecule is CCOc1cc(C)c(CC(Cl)CC(=O)O)cc1C. The van der Waals surface area contributed by atoms with Gasteiger partial charge < -0.3 is 9.84 Å². The molecule has 1 rings (SSSR count). The average Bonchev–Trinajstić information content (AvgIpc) is 2.24. The van der Waals surface area contributed by atoms with E-state index < -0.39 is 5.97 Å². The molecule has 0 spiro atoms. The second kappa shape index (κ2) is 6.64. The molecule has 0 saturated heterocycles. The van der Waals surface area contributed by atoms with Crippen molar-refractivity contribution in [2.45, 2.75) is 39.0 Å². The summed E-state index contributed by atoms with van der Waals surface area (Å²) in [6, 6.07) is 4.01. The van der Waals surface area contributed by atoms with Gasteiger partial charge in [-0.1, -0.05) is 6.07 Å². The van der Waals surface area contributed by atoms with Crippen molar-refractivity contribution in [3.8, 4) is 5.75 Å². The lowest BCUT2D eigenvalue weighted by Gasteiger charge is -2.14. The van der Waals surface area contributed by atoms with Gasteiger partial charge in [-0.05, 0) is 49.9 Å². The molecule has 0 saturated carbocycles. The number of carboxylic acid groups (broad SMARTS) is 1. The first kappa shape index (κ1) is 14.8. The predicted molar refractivity (Wildman–Crippen MR) is 72.7 cm³/mol. The molecule has 1 aromatic carbocycles. The summed E-state index contributed by atoms with van der Waals surface area (Å²) in [5, 5.41) is 8.32. The fourth-order valence-corrected chi connectivity index (χ4v) is 2.18. The smallest absolute Gasteiger partial charge is 0.304 e. The van der Waals surface area contributed by atoms with E-state index in [0.717, 1.165) is 22.4 Å². The summed E-state index contributed by atoms with van der Waals surface area (Å²) in [6.45, 7) is 6.55. The van der Waals surface area contributed by atoms with Crippen LogP contribution in [0.25, 0.3) is 0 Å². The fourth-order valence-electron chi connectivity index (χ4n) is 1.88. The maximum absolute atomic E-state index is 10.6. The van der Waals surface area contributed by atoms with Crippen LogP contribution in [0.5, 0.6) is 5.75 Å². The maximum atomic E-state index is 10.6. The van der Waals surface area contributed by atoms with Gasteiger partial charge in [-0.25, -0.2) is 0 Å². The summed E-state index contributed by atoms with van der Waals surface area (Å²) < 4.78 is 5.51. The number of ether oxygens (including phenoxy) is 1. The van der Waals surface area contributed by atoms with Crippen molar-refractivity contribution in [2.75, 3.05) is 6.61 Å². The van der Waals surface area contributed by atoms with Crippen molar-refractivity contribution in [1.82, 2.24) is 0 Å². The summed E-state index contributed by atoms with van der Waals surface area (Å²) in [6.07, 6.45) is 0.542. The molecule has 0 bridgehead atoms. The number of hydrogen-bond donors (Lipinski definition) is 1. The number of benzene rings is 1. The number of alkyl halides is 1. The van der Waals surface area contributed by atoms with Crippen LogP contribution in [0, 0.1) is 13.8 Å². The highest BCUT2D eigenvalue weighted by atomic mass is 35.5. The molecule has 0 aliphatic carbocycles. The molecular formula is C14H19ClO3. The largest absolute Gasteiger partial charge is 0.494 e. The van der Waals surface area contributed by atoms with Gasteiger partial charge in [0, 0.05) is 5.38 Å². The lowest BCUT2D eigenvalue weighted by atomic mass is 9.99. The Morgan fingerprint density at radius 1 is 1.39 bits per heavy atom. The Morgan fingerprint density at radius 3 is 2.61 bits per heavy atom. The fraction of sp³-hybridized carbons (Fsp3) is 0.500. The number of carboxylic acids is 1. The molecule has 0 heterocycles. The predicted octanol–water partition coefficient (Wildman–Crippen LogP) is 3.33. The van der Waals surface area contributed by atoms with Crippen molar-refractivity contribution >= 4 is 17.6 Å². The first-order valence-electron chi connectivity index (χ1n) is 6.02. The van der Waals surface area contributed by atoms with Crippen LogP contribution in [0.2, 0.25) is 0 Å². The van der Waals surface area contributed by atoms with E-state index in [-0.39, 0.29) is 11.8 Å². The Labute approximate surface area is 113 Å². The highest BCUT2D eigenvalue weighted by Crippen LogP contribution is 2.25. The minimum atomic E-state index is -0.865. The molecule has 18 heavy (non-hydrogen) atoms. The van der Waals surface area contributed by atoms with Crippen molar-refractivity contribution in [1.29, 1.82) is 0 Å². The summed E-state index contributed by atoms with van der Waals surface area (Å²) in [4.78, 5) is 10.6. The van der Waals surface area contributed by atoms with Gasteiger partial charge in [0.25, 0.3) is 0 Å². The first-order valence-corrected chi connectivity index (χ1v) is 6.46. The normalized spacial score (nSPS) is 12.2. The zero-order chi connectivity index (χ0) is 13.7. The Morgan fingerprint density at radius 2 is 2.06 bits per heavy atom. The van der Waals surface area contributed by atoms with Crippen LogP contribution < -0.4 is 4.74 Å². The summed E-state index contributed by atoms with van der Waals surface area (Å²) >= 11 is 6.02. The molecule has 0 fully saturated rings. The molecule has 100 valence electrons. The van der Waals surface area contributed by atoms with Crippen LogP contribution in [0.3, 0.4) is 0 Å². The number of hydrogen-bond acceptors (Lipinski definition) is 2. The van der Waals surface area contributed by atoms with Crippen LogP contribution in [0.1, 0.15) is 30.0 Å². The molecular weight excluding hydrogens is 252 g/mol. The zero-order valence-corrected chi connectivity index (χ0v) is 11.8. The van der Waals surface area contributed by atoms with Crippen LogP contribution in [0.15, 0.2) is 12.1 Å². The third-order valence-electron chi connectivity index (χ3n) is 2.77.